The molecule has 0 saturated heterocycles. The minimum absolute atomic E-state index is 0.0245. The molecular formula is C11H21NO4. The van der Waals surface area contributed by atoms with Crippen molar-refractivity contribution in [2.45, 2.75) is 44.9 Å². The van der Waals surface area contributed by atoms with Crippen LogP contribution in [-0.2, 0) is 9.53 Å². The highest BCUT2D eigenvalue weighted by molar-refractivity contribution is 5.76. The van der Waals surface area contributed by atoms with Gasteiger partial charge in [0.15, 0.2) is 5.60 Å². The van der Waals surface area contributed by atoms with Crippen LogP contribution < -0.4 is 5.32 Å². The third-order valence-corrected chi connectivity index (χ3v) is 3.62. The predicted octanol–water partition coefficient (Wildman–Crippen LogP) is 0.225. The summed E-state index contributed by atoms with van der Waals surface area (Å²) in [4.78, 5) is 10.7. The van der Waals surface area contributed by atoms with Gasteiger partial charge in [-0.15, -0.1) is 0 Å². The zero-order valence-electron chi connectivity index (χ0n) is 10.3. The molecule has 0 aromatic rings. The number of hydrogen-bond acceptors (Lipinski definition) is 4. The lowest BCUT2D eigenvalue weighted by Gasteiger charge is -2.51. The average molecular weight is 231 g/mol. The molecule has 5 nitrogen and oxygen atoms in total. The van der Waals surface area contributed by atoms with Gasteiger partial charge >= 0.3 is 5.97 Å². The SMILES string of the molecule is COC1CC(NCC(C)(O)C(=O)O)C1(C)C. The van der Waals surface area contributed by atoms with Crippen molar-refractivity contribution in [1.82, 2.24) is 5.32 Å². The number of nitrogens with one attached hydrogen (secondary N) is 1. The minimum atomic E-state index is -1.71. The summed E-state index contributed by atoms with van der Waals surface area (Å²) in [5.74, 6) is -1.21. The topological polar surface area (TPSA) is 78.8 Å². The fourth-order valence-electron chi connectivity index (χ4n) is 2.03. The molecule has 0 bridgehead atoms. The standard InChI is InChI=1S/C11H21NO4/c1-10(2)7(5-8(10)16-4)12-6-11(3,15)9(13)14/h7-8,12,15H,5-6H2,1-4H3,(H,13,14). The largest absolute Gasteiger partial charge is 0.479 e. The van der Waals surface area contributed by atoms with Crippen LogP contribution in [0.4, 0.5) is 0 Å². The van der Waals surface area contributed by atoms with Crippen molar-refractivity contribution in [1.29, 1.82) is 0 Å². The molecule has 0 spiro atoms. The van der Waals surface area contributed by atoms with Crippen LogP contribution in [0.1, 0.15) is 27.2 Å². The van der Waals surface area contributed by atoms with E-state index in [0.717, 1.165) is 6.42 Å². The van der Waals surface area contributed by atoms with Gasteiger partial charge in [-0.25, -0.2) is 4.79 Å². The van der Waals surface area contributed by atoms with Crippen molar-refractivity contribution in [3.8, 4) is 0 Å². The predicted molar refractivity (Wildman–Crippen MR) is 59.2 cm³/mol. The first-order valence-corrected chi connectivity index (χ1v) is 5.43. The van der Waals surface area contributed by atoms with E-state index >= 15 is 0 Å². The van der Waals surface area contributed by atoms with Crippen molar-refractivity contribution in [2.24, 2.45) is 5.41 Å². The Labute approximate surface area is 95.8 Å². The normalized spacial score (nSPS) is 31.6. The van der Waals surface area contributed by atoms with Crippen molar-refractivity contribution >= 4 is 5.97 Å². The molecule has 1 aliphatic rings. The highest BCUT2D eigenvalue weighted by Crippen LogP contribution is 2.42. The molecule has 0 aliphatic heterocycles. The van der Waals surface area contributed by atoms with Crippen LogP contribution in [0.3, 0.4) is 0 Å². The minimum Gasteiger partial charge on any atom is -0.479 e. The first-order valence-electron chi connectivity index (χ1n) is 5.43. The number of methoxy groups -OCH3 is 1. The Balaban J connectivity index is 2.45. The Hall–Kier alpha value is -0.650. The highest BCUT2D eigenvalue weighted by Gasteiger charge is 2.49. The van der Waals surface area contributed by atoms with E-state index in [4.69, 9.17) is 9.84 Å². The van der Waals surface area contributed by atoms with Gasteiger partial charge in [0.2, 0.25) is 0 Å². The molecule has 16 heavy (non-hydrogen) atoms. The van der Waals surface area contributed by atoms with E-state index in [2.05, 4.69) is 19.2 Å². The fraction of sp³-hybridized carbons (Fsp3) is 0.909. The lowest BCUT2D eigenvalue weighted by molar-refractivity contribution is -0.157. The van der Waals surface area contributed by atoms with Gasteiger partial charge in [-0.1, -0.05) is 13.8 Å². The lowest BCUT2D eigenvalue weighted by atomic mass is 9.64. The Morgan fingerprint density at radius 3 is 2.56 bits per heavy atom. The lowest BCUT2D eigenvalue weighted by Crippen LogP contribution is -2.63. The van der Waals surface area contributed by atoms with Gasteiger partial charge in [-0.2, -0.15) is 0 Å². The summed E-state index contributed by atoms with van der Waals surface area (Å²) in [7, 11) is 1.68. The Bertz CT molecular complexity index is 275. The maximum Gasteiger partial charge on any atom is 0.336 e. The van der Waals surface area contributed by atoms with Gasteiger partial charge in [0, 0.05) is 25.1 Å². The molecule has 0 radical (unpaired) electrons. The molecule has 94 valence electrons. The van der Waals surface area contributed by atoms with E-state index in [1.54, 1.807) is 7.11 Å². The summed E-state index contributed by atoms with van der Waals surface area (Å²) >= 11 is 0. The van der Waals surface area contributed by atoms with E-state index in [-0.39, 0.29) is 24.1 Å². The number of hydrogen-bond donors (Lipinski definition) is 3. The van der Waals surface area contributed by atoms with Crippen molar-refractivity contribution in [3.63, 3.8) is 0 Å². The quantitative estimate of drug-likeness (QED) is 0.631. The number of ether oxygens (including phenoxy) is 1. The van der Waals surface area contributed by atoms with Gasteiger partial charge < -0.3 is 20.3 Å². The number of aliphatic hydroxyl groups is 1. The van der Waals surface area contributed by atoms with E-state index in [1.807, 2.05) is 0 Å². The molecule has 1 rings (SSSR count). The van der Waals surface area contributed by atoms with E-state index in [0.29, 0.717) is 0 Å². The van der Waals surface area contributed by atoms with Gasteiger partial charge in [0.05, 0.1) is 6.10 Å². The molecule has 0 heterocycles. The summed E-state index contributed by atoms with van der Waals surface area (Å²) in [5, 5.41) is 21.4. The third-order valence-electron chi connectivity index (χ3n) is 3.62. The monoisotopic (exact) mass is 231 g/mol. The maximum atomic E-state index is 10.7. The molecule has 1 fully saturated rings. The second kappa shape index (κ2) is 4.31. The Morgan fingerprint density at radius 2 is 2.19 bits per heavy atom. The second-order valence-corrected chi connectivity index (χ2v) is 5.29. The first kappa shape index (κ1) is 13.4. The van der Waals surface area contributed by atoms with E-state index < -0.39 is 11.6 Å². The highest BCUT2D eigenvalue weighted by atomic mass is 16.5. The third kappa shape index (κ3) is 2.36. The zero-order valence-corrected chi connectivity index (χ0v) is 10.3. The van der Waals surface area contributed by atoms with Crippen molar-refractivity contribution in [2.75, 3.05) is 13.7 Å². The average Bonchev–Trinajstić information content (AvgIpc) is 2.16. The number of carboxylic acid groups (broad SMARTS) is 1. The molecule has 1 aliphatic carbocycles. The molecule has 0 amide bonds. The van der Waals surface area contributed by atoms with Crippen LogP contribution in [-0.4, -0.2) is 47.6 Å². The molecule has 5 heteroatoms. The summed E-state index contributed by atoms with van der Waals surface area (Å²) in [6.45, 7) is 5.48. The van der Waals surface area contributed by atoms with Gasteiger partial charge in [0.1, 0.15) is 0 Å². The number of carboxylic acids is 1. The number of aliphatic carboxylic acids is 1. The first-order chi connectivity index (χ1) is 7.21. The van der Waals surface area contributed by atoms with Gasteiger partial charge in [0.25, 0.3) is 0 Å². The fourth-order valence-corrected chi connectivity index (χ4v) is 2.03. The second-order valence-electron chi connectivity index (χ2n) is 5.29. The van der Waals surface area contributed by atoms with Crippen LogP contribution in [0.15, 0.2) is 0 Å². The summed E-state index contributed by atoms with van der Waals surface area (Å²) in [5.41, 5.74) is -1.74. The van der Waals surface area contributed by atoms with Crippen LogP contribution in [0, 0.1) is 5.41 Å². The maximum absolute atomic E-state index is 10.7. The summed E-state index contributed by atoms with van der Waals surface area (Å²) in [6.07, 6.45) is 1.04. The van der Waals surface area contributed by atoms with Crippen LogP contribution in [0.2, 0.25) is 0 Å². The summed E-state index contributed by atoms with van der Waals surface area (Å²) < 4.78 is 5.29. The molecule has 0 aromatic carbocycles. The molecular weight excluding hydrogens is 210 g/mol. The summed E-state index contributed by atoms with van der Waals surface area (Å²) in [6, 6.07) is 0.184. The van der Waals surface area contributed by atoms with Gasteiger partial charge in [-0.05, 0) is 13.3 Å². The number of rotatable bonds is 5. The number of carbonyl (C=O) groups is 1. The molecule has 3 atom stereocenters. The smallest absolute Gasteiger partial charge is 0.336 e. The Kier molecular flexibility index (Phi) is 3.62. The molecule has 3 N–H and O–H groups in total. The Morgan fingerprint density at radius 1 is 1.62 bits per heavy atom. The van der Waals surface area contributed by atoms with Gasteiger partial charge in [-0.3, -0.25) is 0 Å². The molecule has 3 unspecified atom stereocenters. The van der Waals surface area contributed by atoms with Crippen molar-refractivity contribution < 1.29 is 19.7 Å². The zero-order chi connectivity index (χ0) is 12.6. The van der Waals surface area contributed by atoms with Crippen LogP contribution in [0.5, 0.6) is 0 Å². The van der Waals surface area contributed by atoms with Crippen molar-refractivity contribution in [3.05, 3.63) is 0 Å². The van der Waals surface area contributed by atoms with Crippen LogP contribution in [0.25, 0.3) is 0 Å². The van der Waals surface area contributed by atoms with E-state index in [1.165, 1.54) is 6.92 Å². The van der Waals surface area contributed by atoms with Crippen LogP contribution >= 0.6 is 0 Å². The van der Waals surface area contributed by atoms with E-state index in [9.17, 15) is 9.90 Å². The molecule has 1 saturated carbocycles. The molecule has 0 aromatic heterocycles.